The molecule has 1 N–H and O–H groups in total. The Morgan fingerprint density at radius 2 is 1.04 bits per heavy atom. The zero-order valence-electron chi connectivity index (χ0n) is 15.9. The summed E-state index contributed by atoms with van der Waals surface area (Å²) in [5, 5.41) is 0. The second-order valence-electron chi connectivity index (χ2n) is 7.15. The highest BCUT2D eigenvalue weighted by molar-refractivity contribution is 6.72. The Labute approximate surface area is 163 Å². The van der Waals surface area contributed by atoms with Crippen LogP contribution in [0.15, 0.2) is 103 Å². The van der Waals surface area contributed by atoms with Crippen LogP contribution in [0.4, 0.5) is 0 Å². The Morgan fingerprint density at radius 1 is 0.704 bits per heavy atom. The zero-order valence-corrected chi connectivity index (χ0v) is 16.9. The first-order valence-electron chi connectivity index (χ1n) is 9.37. The second kappa shape index (κ2) is 9.35. The van der Waals surface area contributed by atoms with Gasteiger partial charge in [0.15, 0.2) is 0 Å². The molecule has 0 aliphatic rings. The Hall–Kier alpha value is -2.62. The average molecular weight is 374 g/mol. The molecule has 3 rings (SSSR count). The number of hydrogen-bond donors (Lipinski definition) is 1. The molecule has 0 heterocycles. The van der Waals surface area contributed by atoms with Gasteiger partial charge in [-0.25, -0.2) is 0 Å². The van der Waals surface area contributed by atoms with E-state index in [1.54, 1.807) is 0 Å². The predicted molar refractivity (Wildman–Crippen MR) is 115 cm³/mol. The van der Waals surface area contributed by atoms with Crippen molar-refractivity contribution in [3.8, 4) is 0 Å². The van der Waals surface area contributed by atoms with E-state index in [9.17, 15) is 0 Å². The van der Waals surface area contributed by atoms with E-state index in [-0.39, 0.29) is 0 Å². The monoisotopic (exact) mass is 373 g/mol. The maximum atomic E-state index is 6.49. The van der Waals surface area contributed by atoms with Crippen LogP contribution >= 0.6 is 0 Å². The lowest BCUT2D eigenvalue weighted by atomic mass is 10.2. The highest BCUT2D eigenvalue weighted by atomic mass is 28.4. The zero-order chi connectivity index (χ0) is 19.0. The molecule has 27 heavy (non-hydrogen) atoms. The number of benzene rings is 3. The first-order valence-corrected chi connectivity index (χ1v) is 11.9. The molecule has 2 nitrogen and oxygen atoms in total. The van der Waals surface area contributed by atoms with Gasteiger partial charge in [-0.05, 0) is 41.7 Å². The molecular weight excluding hydrogens is 346 g/mol. The fourth-order valence-electron chi connectivity index (χ4n) is 3.39. The molecule has 0 saturated heterocycles. The van der Waals surface area contributed by atoms with Gasteiger partial charge < -0.3 is 4.53 Å². The van der Waals surface area contributed by atoms with Crippen molar-refractivity contribution in [2.75, 3.05) is 0 Å². The fraction of sp³-hybridized carbons (Fsp3) is 0.167. The van der Waals surface area contributed by atoms with Crippen LogP contribution in [-0.2, 0) is 22.7 Å². The van der Waals surface area contributed by atoms with E-state index in [0.717, 1.165) is 23.8 Å². The van der Waals surface area contributed by atoms with E-state index < -0.39 is 8.32 Å². The van der Waals surface area contributed by atoms with Crippen molar-refractivity contribution in [3.05, 3.63) is 120 Å². The number of hydrogen-bond acceptors (Lipinski definition) is 2. The molecule has 0 aromatic heterocycles. The summed E-state index contributed by atoms with van der Waals surface area (Å²) in [6.45, 7) is 5.90. The Morgan fingerprint density at radius 3 is 1.33 bits per heavy atom. The van der Waals surface area contributed by atoms with Gasteiger partial charge in [-0.15, -0.1) is 0 Å². The summed E-state index contributed by atoms with van der Waals surface area (Å²) >= 11 is 0. The van der Waals surface area contributed by atoms with Gasteiger partial charge in [-0.1, -0.05) is 97.6 Å². The molecule has 0 amide bonds. The largest absolute Gasteiger partial charge is 0.321 e. The van der Waals surface area contributed by atoms with Crippen LogP contribution in [0.25, 0.3) is 0 Å². The Kier molecular flexibility index (Phi) is 6.63. The Balaban J connectivity index is 1.96. The van der Waals surface area contributed by atoms with E-state index in [1.807, 2.05) is 6.92 Å². The lowest BCUT2D eigenvalue weighted by Gasteiger charge is -2.32. The SMILES string of the molecule is C=C(C)NO[Si](Cc1ccccc1)(Cc1ccccc1)Cc1ccccc1. The van der Waals surface area contributed by atoms with Gasteiger partial charge in [-0.3, -0.25) is 5.48 Å². The van der Waals surface area contributed by atoms with Crippen molar-refractivity contribution in [1.82, 2.24) is 5.48 Å². The van der Waals surface area contributed by atoms with Crippen LogP contribution in [0.5, 0.6) is 0 Å². The standard InChI is InChI=1S/C24H27NOSi/c1-21(2)25-26-27(18-22-12-6-3-7-13-22,19-23-14-8-4-9-15-23)20-24-16-10-5-11-17-24/h3-17,25H,1,18-20H2,2H3. The molecule has 0 fully saturated rings. The molecule has 0 aliphatic heterocycles. The van der Waals surface area contributed by atoms with Crippen LogP contribution in [-0.4, -0.2) is 8.32 Å². The van der Waals surface area contributed by atoms with Gasteiger partial charge in [-0.2, -0.15) is 0 Å². The highest BCUT2D eigenvalue weighted by Crippen LogP contribution is 2.23. The summed E-state index contributed by atoms with van der Waals surface area (Å²) < 4.78 is 6.49. The molecule has 3 heteroatoms. The summed E-state index contributed by atoms with van der Waals surface area (Å²) in [6, 6.07) is 34.8. The van der Waals surface area contributed by atoms with E-state index in [1.165, 1.54) is 16.7 Å². The van der Waals surface area contributed by atoms with E-state index in [0.29, 0.717) is 0 Å². The third-order valence-electron chi connectivity index (χ3n) is 4.55. The van der Waals surface area contributed by atoms with Crippen molar-refractivity contribution in [2.24, 2.45) is 0 Å². The number of hydroxylamine groups is 1. The molecule has 138 valence electrons. The summed E-state index contributed by atoms with van der Waals surface area (Å²) in [5.74, 6) is 0. The van der Waals surface area contributed by atoms with Crippen molar-refractivity contribution in [1.29, 1.82) is 0 Å². The highest BCUT2D eigenvalue weighted by Gasteiger charge is 2.37. The molecule has 0 aliphatic carbocycles. The Bertz CT molecular complexity index is 733. The van der Waals surface area contributed by atoms with Gasteiger partial charge in [0.05, 0.1) is 0 Å². The van der Waals surface area contributed by atoms with E-state index in [4.69, 9.17) is 4.53 Å². The van der Waals surface area contributed by atoms with Crippen molar-refractivity contribution in [3.63, 3.8) is 0 Å². The molecule has 0 spiro atoms. The lowest BCUT2D eigenvalue weighted by molar-refractivity contribution is 0.209. The average Bonchev–Trinajstić information content (AvgIpc) is 2.69. The van der Waals surface area contributed by atoms with Gasteiger partial charge in [0, 0.05) is 5.70 Å². The van der Waals surface area contributed by atoms with Crippen LogP contribution < -0.4 is 5.48 Å². The molecule has 0 atom stereocenters. The van der Waals surface area contributed by atoms with Crippen molar-refractivity contribution in [2.45, 2.75) is 25.1 Å². The third kappa shape index (κ3) is 5.95. The van der Waals surface area contributed by atoms with Crippen LogP contribution in [0, 0.1) is 0 Å². The van der Waals surface area contributed by atoms with Crippen molar-refractivity contribution >= 4 is 8.32 Å². The first kappa shape index (κ1) is 19.1. The normalized spacial score (nSPS) is 11.1. The number of nitrogens with one attached hydrogen (secondary N) is 1. The summed E-state index contributed by atoms with van der Waals surface area (Å²) in [6.07, 6.45) is 0. The quantitative estimate of drug-likeness (QED) is 0.404. The second-order valence-corrected chi connectivity index (χ2v) is 10.8. The summed E-state index contributed by atoms with van der Waals surface area (Å²) in [7, 11) is -2.25. The maximum Gasteiger partial charge on any atom is 0.242 e. The molecule has 0 radical (unpaired) electrons. The van der Waals surface area contributed by atoms with Crippen LogP contribution in [0.2, 0.25) is 0 Å². The lowest BCUT2D eigenvalue weighted by Crippen LogP contribution is -2.50. The molecule has 0 unspecified atom stereocenters. The molecule has 0 bridgehead atoms. The molecule has 0 saturated carbocycles. The van der Waals surface area contributed by atoms with Gasteiger partial charge in [0.2, 0.25) is 8.32 Å². The van der Waals surface area contributed by atoms with E-state index in [2.05, 4.69) is 103 Å². The molecular formula is C24H27NOSi. The topological polar surface area (TPSA) is 21.3 Å². The minimum Gasteiger partial charge on any atom is -0.321 e. The van der Waals surface area contributed by atoms with Gasteiger partial charge >= 0.3 is 0 Å². The molecule has 3 aromatic carbocycles. The fourth-order valence-corrected chi connectivity index (χ4v) is 7.32. The summed E-state index contributed by atoms with van der Waals surface area (Å²) in [4.78, 5) is 0. The summed E-state index contributed by atoms with van der Waals surface area (Å²) in [5.41, 5.74) is 7.91. The maximum absolute atomic E-state index is 6.49. The van der Waals surface area contributed by atoms with Crippen LogP contribution in [0.1, 0.15) is 23.6 Å². The van der Waals surface area contributed by atoms with Crippen LogP contribution in [0.3, 0.4) is 0 Å². The number of rotatable bonds is 9. The smallest absolute Gasteiger partial charge is 0.242 e. The molecule has 3 aromatic rings. The minimum atomic E-state index is -2.25. The van der Waals surface area contributed by atoms with Gasteiger partial charge in [0.25, 0.3) is 0 Å². The van der Waals surface area contributed by atoms with E-state index >= 15 is 0 Å². The predicted octanol–water partition coefficient (Wildman–Crippen LogP) is 5.33. The van der Waals surface area contributed by atoms with Crippen molar-refractivity contribution < 1.29 is 4.53 Å². The number of allylic oxidation sites excluding steroid dienone is 1. The van der Waals surface area contributed by atoms with Gasteiger partial charge in [0.1, 0.15) is 0 Å². The first-order chi connectivity index (χ1) is 13.2. The third-order valence-corrected chi connectivity index (χ3v) is 8.24. The minimum absolute atomic E-state index is 0.834.